The zero-order chi connectivity index (χ0) is 17.0. The Balaban J connectivity index is 2.13. The maximum atomic E-state index is 12.3. The molecule has 0 bridgehead atoms. The van der Waals surface area contributed by atoms with Crippen molar-refractivity contribution in [3.63, 3.8) is 0 Å². The molecule has 0 unspecified atom stereocenters. The monoisotopic (exact) mass is 403 g/mol. The van der Waals surface area contributed by atoms with Gasteiger partial charge in [-0.2, -0.15) is 0 Å². The molecule has 1 aromatic carbocycles. The molecular weight excluding hydrogens is 382 g/mol. The van der Waals surface area contributed by atoms with E-state index in [1.165, 1.54) is 45.5 Å². The van der Waals surface area contributed by atoms with E-state index >= 15 is 0 Å². The van der Waals surface area contributed by atoms with Crippen molar-refractivity contribution in [2.45, 2.75) is 37.0 Å². The van der Waals surface area contributed by atoms with E-state index in [0.29, 0.717) is 17.0 Å². The zero-order valence-corrected chi connectivity index (χ0v) is 15.8. The summed E-state index contributed by atoms with van der Waals surface area (Å²) in [6.07, 6.45) is 5.79. The predicted molar refractivity (Wildman–Crippen MR) is 91.9 cm³/mol. The van der Waals surface area contributed by atoms with Crippen LogP contribution in [0.4, 0.5) is 0 Å². The molecule has 1 fully saturated rings. The zero-order valence-electron chi connectivity index (χ0n) is 13.4. The second kappa shape index (κ2) is 7.77. The highest BCUT2D eigenvalue weighted by Crippen LogP contribution is 2.26. The SMILES string of the molecule is CN(C)S(=O)(=O)c1ccc(Br)c(C(=O)OCC2CCCCC2)c1. The van der Waals surface area contributed by atoms with Gasteiger partial charge in [0.2, 0.25) is 10.0 Å². The molecule has 0 aromatic heterocycles. The molecule has 0 amide bonds. The fourth-order valence-electron chi connectivity index (χ4n) is 2.66. The average Bonchev–Trinajstić information content (AvgIpc) is 2.53. The van der Waals surface area contributed by atoms with Crippen LogP contribution in [0.1, 0.15) is 42.5 Å². The first-order valence-corrected chi connectivity index (χ1v) is 9.95. The summed E-state index contributed by atoms with van der Waals surface area (Å²) < 4.78 is 31.4. The molecule has 0 saturated heterocycles. The van der Waals surface area contributed by atoms with Crippen molar-refractivity contribution < 1.29 is 17.9 Å². The molecule has 5 nitrogen and oxygen atoms in total. The summed E-state index contributed by atoms with van der Waals surface area (Å²) in [6, 6.07) is 4.40. The van der Waals surface area contributed by atoms with Gasteiger partial charge in [0.25, 0.3) is 0 Å². The van der Waals surface area contributed by atoms with Gasteiger partial charge in [-0.3, -0.25) is 0 Å². The lowest BCUT2D eigenvalue weighted by Gasteiger charge is -2.21. The van der Waals surface area contributed by atoms with E-state index in [2.05, 4.69) is 15.9 Å². The van der Waals surface area contributed by atoms with Crippen LogP contribution in [-0.2, 0) is 14.8 Å². The minimum Gasteiger partial charge on any atom is -0.462 e. The highest BCUT2D eigenvalue weighted by molar-refractivity contribution is 9.10. The lowest BCUT2D eigenvalue weighted by atomic mass is 9.90. The van der Waals surface area contributed by atoms with Crippen LogP contribution in [0.15, 0.2) is 27.6 Å². The van der Waals surface area contributed by atoms with Gasteiger partial charge in [0.15, 0.2) is 0 Å². The summed E-state index contributed by atoms with van der Waals surface area (Å²) in [4.78, 5) is 12.4. The number of carbonyl (C=O) groups excluding carboxylic acids is 1. The molecule has 0 heterocycles. The van der Waals surface area contributed by atoms with Gasteiger partial charge < -0.3 is 4.74 Å². The van der Waals surface area contributed by atoms with Gasteiger partial charge in [-0.25, -0.2) is 17.5 Å². The largest absolute Gasteiger partial charge is 0.462 e. The lowest BCUT2D eigenvalue weighted by molar-refractivity contribution is 0.0409. The van der Waals surface area contributed by atoms with Crippen molar-refractivity contribution in [2.75, 3.05) is 20.7 Å². The van der Waals surface area contributed by atoms with Crippen LogP contribution in [-0.4, -0.2) is 39.4 Å². The Morgan fingerprint density at radius 2 is 1.91 bits per heavy atom. The number of rotatable bonds is 5. The number of ether oxygens (including phenoxy) is 1. The van der Waals surface area contributed by atoms with E-state index in [4.69, 9.17) is 4.74 Å². The third-order valence-electron chi connectivity index (χ3n) is 4.11. The van der Waals surface area contributed by atoms with Gasteiger partial charge in [-0.1, -0.05) is 19.3 Å². The number of halogens is 1. The molecule has 1 saturated carbocycles. The Hall–Kier alpha value is -0.920. The maximum Gasteiger partial charge on any atom is 0.339 e. The molecule has 0 N–H and O–H groups in total. The molecule has 7 heteroatoms. The fraction of sp³-hybridized carbons (Fsp3) is 0.562. The summed E-state index contributed by atoms with van der Waals surface area (Å²) in [5.41, 5.74) is 0.240. The van der Waals surface area contributed by atoms with Crippen molar-refractivity contribution in [2.24, 2.45) is 5.92 Å². The Labute approximate surface area is 146 Å². The molecule has 0 radical (unpaired) electrons. The first-order chi connectivity index (χ1) is 10.8. The number of carbonyl (C=O) groups is 1. The second-order valence-corrected chi connectivity index (χ2v) is 9.04. The van der Waals surface area contributed by atoms with Crippen molar-refractivity contribution in [3.8, 4) is 0 Å². The van der Waals surface area contributed by atoms with Crippen LogP contribution in [0.2, 0.25) is 0 Å². The molecule has 1 aliphatic rings. The summed E-state index contributed by atoms with van der Waals surface area (Å²) in [6.45, 7) is 0.399. The van der Waals surface area contributed by atoms with E-state index in [9.17, 15) is 13.2 Å². The van der Waals surface area contributed by atoms with Gasteiger partial charge >= 0.3 is 5.97 Å². The summed E-state index contributed by atoms with van der Waals surface area (Å²) in [5.74, 6) is -0.0709. The minimum absolute atomic E-state index is 0.0790. The number of nitrogens with zero attached hydrogens (tertiary/aromatic N) is 1. The molecule has 0 atom stereocenters. The fourth-order valence-corrected chi connectivity index (χ4v) is 3.99. The number of sulfonamides is 1. The molecule has 128 valence electrons. The van der Waals surface area contributed by atoms with Gasteiger partial charge in [0, 0.05) is 18.6 Å². The van der Waals surface area contributed by atoms with Crippen molar-refractivity contribution in [3.05, 3.63) is 28.2 Å². The number of hydrogen-bond donors (Lipinski definition) is 0. The highest BCUT2D eigenvalue weighted by atomic mass is 79.9. The third kappa shape index (κ3) is 4.55. The van der Waals surface area contributed by atoms with Gasteiger partial charge in [0.1, 0.15) is 0 Å². The minimum atomic E-state index is -3.58. The van der Waals surface area contributed by atoms with E-state index in [1.54, 1.807) is 6.07 Å². The number of benzene rings is 1. The van der Waals surface area contributed by atoms with Crippen LogP contribution in [0.5, 0.6) is 0 Å². The van der Waals surface area contributed by atoms with Gasteiger partial charge in [-0.15, -0.1) is 0 Å². The quantitative estimate of drug-likeness (QED) is 0.706. The van der Waals surface area contributed by atoms with Crippen LogP contribution in [0, 0.1) is 5.92 Å². The first kappa shape index (κ1) is 18.4. The molecule has 1 aromatic rings. The number of hydrogen-bond acceptors (Lipinski definition) is 4. The Kier molecular flexibility index (Phi) is 6.22. The molecule has 0 aliphatic heterocycles. The summed E-state index contributed by atoms with van der Waals surface area (Å²) >= 11 is 3.29. The smallest absolute Gasteiger partial charge is 0.339 e. The van der Waals surface area contributed by atoms with Crippen LogP contribution in [0.3, 0.4) is 0 Å². The first-order valence-electron chi connectivity index (χ1n) is 7.71. The van der Waals surface area contributed by atoms with E-state index < -0.39 is 16.0 Å². The van der Waals surface area contributed by atoms with Crippen LogP contribution < -0.4 is 0 Å². The van der Waals surface area contributed by atoms with Crippen molar-refractivity contribution >= 4 is 31.9 Å². The molecule has 23 heavy (non-hydrogen) atoms. The van der Waals surface area contributed by atoms with Crippen LogP contribution >= 0.6 is 15.9 Å². The van der Waals surface area contributed by atoms with Crippen molar-refractivity contribution in [1.82, 2.24) is 4.31 Å². The maximum absolute atomic E-state index is 12.3. The van der Waals surface area contributed by atoms with Crippen LogP contribution in [0.25, 0.3) is 0 Å². The Morgan fingerprint density at radius 1 is 1.26 bits per heavy atom. The molecular formula is C16H22BrNO4S. The van der Waals surface area contributed by atoms with E-state index in [1.807, 2.05) is 0 Å². The highest BCUT2D eigenvalue weighted by Gasteiger charge is 2.22. The molecule has 0 spiro atoms. The normalized spacial score (nSPS) is 16.5. The Morgan fingerprint density at radius 3 is 2.52 bits per heavy atom. The van der Waals surface area contributed by atoms with E-state index in [0.717, 1.165) is 17.1 Å². The predicted octanol–water partition coefficient (Wildman–Crippen LogP) is 3.44. The van der Waals surface area contributed by atoms with Crippen molar-refractivity contribution in [1.29, 1.82) is 0 Å². The molecule has 2 rings (SSSR count). The standard InChI is InChI=1S/C16H22BrNO4S/c1-18(2)23(20,21)13-8-9-15(17)14(10-13)16(19)22-11-12-6-4-3-5-7-12/h8-10,12H,3-7,11H2,1-2H3. The average molecular weight is 404 g/mol. The number of esters is 1. The summed E-state index contributed by atoms with van der Waals surface area (Å²) in [7, 11) is -0.667. The Bertz CT molecular complexity index is 667. The second-order valence-electron chi connectivity index (χ2n) is 6.03. The van der Waals surface area contributed by atoms with Gasteiger partial charge in [0.05, 0.1) is 17.1 Å². The topological polar surface area (TPSA) is 63.7 Å². The van der Waals surface area contributed by atoms with E-state index in [-0.39, 0.29) is 10.5 Å². The third-order valence-corrected chi connectivity index (χ3v) is 6.61. The van der Waals surface area contributed by atoms with Gasteiger partial charge in [-0.05, 0) is 52.9 Å². The molecule has 1 aliphatic carbocycles. The summed E-state index contributed by atoms with van der Waals surface area (Å²) in [5, 5.41) is 0. The lowest BCUT2D eigenvalue weighted by Crippen LogP contribution is -2.23.